The van der Waals surface area contributed by atoms with Crippen LogP contribution >= 0.6 is 0 Å². The molecule has 1 saturated heterocycles. The highest BCUT2D eigenvalue weighted by molar-refractivity contribution is 5.92. The van der Waals surface area contributed by atoms with Crippen LogP contribution in [0.15, 0.2) is 10.6 Å². The lowest BCUT2D eigenvalue weighted by molar-refractivity contribution is 0.0921. The van der Waals surface area contributed by atoms with Gasteiger partial charge in [0.15, 0.2) is 5.69 Å². The summed E-state index contributed by atoms with van der Waals surface area (Å²) in [5.74, 6) is 1.24. The Morgan fingerprint density at radius 2 is 2.35 bits per heavy atom. The summed E-state index contributed by atoms with van der Waals surface area (Å²) in [5.41, 5.74) is 0.414. The quantitative estimate of drug-likeness (QED) is 0.821. The fourth-order valence-corrected chi connectivity index (χ4v) is 2.19. The van der Waals surface area contributed by atoms with Crippen molar-refractivity contribution in [2.45, 2.75) is 37.6 Å². The van der Waals surface area contributed by atoms with E-state index in [9.17, 15) is 4.79 Å². The first-order chi connectivity index (χ1) is 8.33. The summed E-state index contributed by atoms with van der Waals surface area (Å²) in [6.07, 6.45) is 4.45. The van der Waals surface area contributed by atoms with Gasteiger partial charge in [0.1, 0.15) is 5.76 Å². The standard InChI is InChI=1S/C12H17N3O2/c16-12(14-9-2-1-5-13-7-9)10-6-11(17-15-10)8-3-4-8/h6,8-9,13H,1-5,7H2,(H,14,16)/t9-/m0/s1. The number of piperidine rings is 1. The third kappa shape index (κ3) is 2.49. The molecule has 0 bridgehead atoms. The molecule has 92 valence electrons. The second-order valence-corrected chi connectivity index (χ2v) is 4.91. The number of nitrogens with one attached hydrogen (secondary N) is 2. The van der Waals surface area contributed by atoms with Crippen LogP contribution in [0, 0.1) is 0 Å². The van der Waals surface area contributed by atoms with Crippen molar-refractivity contribution in [3.63, 3.8) is 0 Å². The highest BCUT2D eigenvalue weighted by atomic mass is 16.5. The summed E-state index contributed by atoms with van der Waals surface area (Å²) in [4.78, 5) is 11.9. The Hall–Kier alpha value is -1.36. The van der Waals surface area contributed by atoms with E-state index in [1.807, 2.05) is 0 Å². The van der Waals surface area contributed by atoms with Crippen molar-refractivity contribution < 1.29 is 9.32 Å². The Bertz CT molecular complexity index is 406. The van der Waals surface area contributed by atoms with Gasteiger partial charge in [0.2, 0.25) is 0 Å². The molecule has 5 heteroatoms. The van der Waals surface area contributed by atoms with E-state index in [4.69, 9.17) is 4.52 Å². The predicted molar refractivity (Wildman–Crippen MR) is 61.8 cm³/mol. The van der Waals surface area contributed by atoms with Crippen LogP contribution in [0.25, 0.3) is 0 Å². The molecule has 2 fully saturated rings. The van der Waals surface area contributed by atoms with Crippen LogP contribution in [0.5, 0.6) is 0 Å². The highest BCUT2D eigenvalue weighted by Crippen LogP contribution is 2.40. The minimum atomic E-state index is -0.116. The lowest BCUT2D eigenvalue weighted by Gasteiger charge is -2.23. The van der Waals surface area contributed by atoms with Gasteiger partial charge in [-0.05, 0) is 32.2 Å². The summed E-state index contributed by atoms with van der Waals surface area (Å²) < 4.78 is 5.17. The molecule has 1 atom stereocenters. The second-order valence-electron chi connectivity index (χ2n) is 4.91. The molecule has 0 unspecified atom stereocenters. The fraction of sp³-hybridized carbons (Fsp3) is 0.667. The first-order valence-corrected chi connectivity index (χ1v) is 6.31. The van der Waals surface area contributed by atoms with E-state index in [0.717, 1.165) is 44.5 Å². The molecule has 3 rings (SSSR count). The predicted octanol–water partition coefficient (Wildman–Crippen LogP) is 1.03. The van der Waals surface area contributed by atoms with Crippen molar-refractivity contribution in [2.24, 2.45) is 0 Å². The van der Waals surface area contributed by atoms with Crippen LogP contribution in [0.2, 0.25) is 0 Å². The van der Waals surface area contributed by atoms with Gasteiger partial charge in [-0.15, -0.1) is 0 Å². The molecule has 5 nitrogen and oxygen atoms in total. The van der Waals surface area contributed by atoms with Gasteiger partial charge in [0.25, 0.3) is 5.91 Å². The Balaban J connectivity index is 1.59. The van der Waals surface area contributed by atoms with E-state index in [1.54, 1.807) is 6.07 Å². The Kier molecular flexibility index (Phi) is 2.84. The van der Waals surface area contributed by atoms with Crippen LogP contribution in [-0.4, -0.2) is 30.2 Å². The molecular formula is C12H17N3O2. The molecule has 1 aliphatic carbocycles. The van der Waals surface area contributed by atoms with Crippen molar-refractivity contribution in [1.82, 2.24) is 15.8 Å². The number of carbonyl (C=O) groups excluding carboxylic acids is 1. The number of amides is 1. The van der Waals surface area contributed by atoms with Crippen LogP contribution in [0.3, 0.4) is 0 Å². The molecule has 2 N–H and O–H groups in total. The van der Waals surface area contributed by atoms with Crippen molar-refractivity contribution in [1.29, 1.82) is 0 Å². The number of hydrogen-bond donors (Lipinski definition) is 2. The van der Waals surface area contributed by atoms with Gasteiger partial charge in [-0.1, -0.05) is 5.16 Å². The van der Waals surface area contributed by atoms with Crippen molar-refractivity contribution in [2.75, 3.05) is 13.1 Å². The van der Waals surface area contributed by atoms with Gasteiger partial charge in [-0.3, -0.25) is 4.79 Å². The van der Waals surface area contributed by atoms with Crippen molar-refractivity contribution in [3.8, 4) is 0 Å². The van der Waals surface area contributed by atoms with E-state index < -0.39 is 0 Å². The highest BCUT2D eigenvalue weighted by Gasteiger charge is 2.29. The summed E-state index contributed by atoms with van der Waals surface area (Å²) in [7, 11) is 0. The van der Waals surface area contributed by atoms with E-state index in [1.165, 1.54) is 0 Å². The third-order valence-electron chi connectivity index (χ3n) is 3.37. The van der Waals surface area contributed by atoms with Crippen LogP contribution in [-0.2, 0) is 0 Å². The zero-order chi connectivity index (χ0) is 11.7. The molecule has 0 spiro atoms. The molecule has 1 amide bonds. The normalized spacial score (nSPS) is 24.6. The molecule has 0 radical (unpaired) electrons. The molecular weight excluding hydrogens is 218 g/mol. The minimum Gasteiger partial charge on any atom is -0.360 e. The summed E-state index contributed by atoms with van der Waals surface area (Å²) >= 11 is 0. The Labute approximate surface area is 99.9 Å². The van der Waals surface area contributed by atoms with Crippen molar-refractivity contribution in [3.05, 3.63) is 17.5 Å². The average molecular weight is 235 g/mol. The van der Waals surface area contributed by atoms with Gasteiger partial charge in [0.05, 0.1) is 0 Å². The maximum Gasteiger partial charge on any atom is 0.273 e. The third-order valence-corrected chi connectivity index (χ3v) is 3.37. The number of nitrogens with zero attached hydrogens (tertiary/aromatic N) is 1. The van der Waals surface area contributed by atoms with Gasteiger partial charge in [-0.25, -0.2) is 0 Å². The molecule has 1 saturated carbocycles. The number of rotatable bonds is 3. The number of carbonyl (C=O) groups is 1. The summed E-state index contributed by atoms with van der Waals surface area (Å²) in [5, 5.41) is 10.1. The van der Waals surface area contributed by atoms with E-state index in [0.29, 0.717) is 11.6 Å². The smallest absolute Gasteiger partial charge is 0.273 e. The van der Waals surface area contributed by atoms with Gasteiger partial charge >= 0.3 is 0 Å². The van der Waals surface area contributed by atoms with Crippen LogP contribution < -0.4 is 10.6 Å². The topological polar surface area (TPSA) is 67.2 Å². The van der Waals surface area contributed by atoms with E-state index >= 15 is 0 Å². The molecule has 1 aliphatic heterocycles. The molecule has 17 heavy (non-hydrogen) atoms. The number of aromatic nitrogens is 1. The SMILES string of the molecule is O=C(N[C@H]1CCCNC1)c1cc(C2CC2)on1. The largest absolute Gasteiger partial charge is 0.360 e. The lowest BCUT2D eigenvalue weighted by atomic mass is 10.1. The zero-order valence-corrected chi connectivity index (χ0v) is 9.74. The van der Waals surface area contributed by atoms with E-state index in [-0.39, 0.29) is 11.9 Å². The Morgan fingerprint density at radius 1 is 1.47 bits per heavy atom. The molecule has 0 aromatic carbocycles. The van der Waals surface area contributed by atoms with Gasteiger partial charge in [-0.2, -0.15) is 0 Å². The molecule has 1 aromatic rings. The number of hydrogen-bond acceptors (Lipinski definition) is 4. The molecule has 2 aliphatic rings. The first-order valence-electron chi connectivity index (χ1n) is 6.31. The van der Waals surface area contributed by atoms with Crippen LogP contribution in [0.4, 0.5) is 0 Å². The van der Waals surface area contributed by atoms with Gasteiger partial charge in [0, 0.05) is 24.6 Å². The van der Waals surface area contributed by atoms with E-state index in [2.05, 4.69) is 15.8 Å². The first kappa shape index (κ1) is 10.8. The lowest BCUT2D eigenvalue weighted by Crippen LogP contribution is -2.45. The minimum absolute atomic E-state index is 0.116. The van der Waals surface area contributed by atoms with Crippen molar-refractivity contribution >= 4 is 5.91 Å². The zero-order valence-electron chi connectivity index (χ0n) is 9.74. The molecule has 2 heterocycles. The fourth-order valence-electron chi connectivity index (χ4n) is 2.19. The maximum absolute atomic E-state index is 11.9. The monoisotopic (exact) mass is 235 g/mol. The van der Waals surface area contributed by atoms with Crippen LogP contribution in [0.1, 0.15) is 47.8 Å². The molecule has 1 aromatic heterocycles. The Morgan fingerprint density at radius 3 is 3.06 bits per heavy atom. The second kappa shape index (κ2) is 4.49. The maximum atomic E-state index is 11.9. The average Bonchev–Trinajstić information content (AvgIpc) is 3.08. The summed E-state index contributed by atoms with van der Waals surface area (Å²) in [6, 6.07) is 2.00. The van der Waals surface area contributed by atoms with Gasteiger partial charge < -0.3 is 15.2 Å². The summed E-state index contributed by atoms with van der Waals surface area (Å²) in [6.45, 7) is 1.89.